The van der Waals surface area contributed by atoms with Crippen LogP contribution in [0.2, 0.25) is 0 Å². The number of hydrogen-bond donors (Lipinski definition) is 1. The minimum absolute atomic E-state index is 0. The van der Waals surface area contributed by atoms with Gasteiger partial charge < -0.3 is 25.0 Å². The first-order valence-electron chi connectivity index (χ1n) is 8.93. The van der Waals surface area contributed by atoms with Gasteiger partial charge in [0.25, 0.3) is 5.91 Å². The first-order valence-corrected chi connectivity index (χ1v) is 8.93. The Hall–Kier alpha value is -1.99. The molecule has 2 rings (SSSR count). The van der Waals surface area contributed by atoms with Crippen molar-refractivity contribution in [2.24, 2.45) is 11.7 Å². The Morgan fingerprint density at radius 2 is 1.67 bits per heavy atom. The first kappa shape index (κ1) is 23.0. The second kappa shape index (κ2) is 10.4. The molecule has 1 aliphatic heterocycles. The molecule has 7 nitrogen and oxygen atoms in total. The maximum absolute atomic E-state index is 12.8. The van der Waals surface area contributed by atoms with Gasteiger partial charge >= 0.3 is 0 Å². The first-order chi connectivity index (χ1) is 12.4. The summed E-state index contributed by atoms with van der Waals surface area (Å²) in [6.07, 6.45) is 0.668. The number of rotatable bonds is 6. The van der Waals surface area contributed by atoms with E-state index >= 15 is 0 Å². The molecule has 0 spiro atoms. The van der Waals surface area contributed by atoms with Crippen molar-refractivity contribution in [1.29, 1.82) is 0 Å². The highest BCUT2D eigenvalue weighted by molar-refractivity contribution is 5.97. The molecule has 0 bridgehead atoms. The Kier molecular flexibility index (Phi) is 8.85. The fourth-order valence-electron chi connectivity index (χ4n) is 3.12. The third kappa shape index (κ3) is 5.74. The van der Waals surface area contributed by atoms with Gasteiger partial charge in [0.1, 0.15) is 11.5 Å². The molecule has 152 valence electrons. The number of halogens is 1. The van der Waals surface area contributed by atoms with Gasteiger partial charge in [-0.3, -0.25) is 9.59 Å². The van der Waals surface area contributed by atoms with Crippen LogP contribution in [0.4, 0.5) is 0 Å². The van der Waals surface area contributed by atoms with Crippen molar-refractivity contribution in [3.63, 3.8) is 0 Å². The van der Waals surface area contributed by atoms with Crippen molar-refractivity contribution in [3.05, 3.63) is 23.8 Å². The van der Waals surface area contributed by atoms with Gasteiger partial charge in [0.05, 0.1) is 25.8 Å². The lowest BCUT2D eigenvalue weighted by Crippen LogP contribution is -2.54. The number of benzene rings is 1. The number of carbonyl (C=O) groups excluding carboxylic acids is 2. The van der Waals surface area contributed by atoms with E-state index in [1.165, 1.54) is 7.11 Å². The molecule has 1 saturated heterocycles. The maximum atomic E-state index is 12.8. The molecule has 0 unspecified atom stereocenters. The van der Waals surface area contributed by atoms with Crippen LogP contribution >= 0.6 is 12.4 Å². The van der Waals surface area contributed by atoms with Gasteiger partial charge in [0.2, 0.25) is 5.91 Å². The Morgan fingerprint density at radius 3 is 2.19 bits per heavy atom. The summed E-state index contributed by atoms with van der Waals surface area (Å²) in [6.45, 7) is 6.05. The lowest BCUT2D eigenvalue weighted by Gasteiger charge is -2.36. The smallest absolute Gasteiger partial charge is 0.257 e. The highest BCUT2D eigenvalue weighted by Gasteiger charge is 2.29. The van der Waals surface area contributed by atoms with E-state index in [9.17, 15) is 9.59 Å². The van der Waals surface area contributed by atoms with Gasteiger partial charge in [-0.1, -0.05) is 13.8 Å². The van der Waals surface area contributed by atoms with Crippen molar-refractivity contribution in [1.82, 2.24) is 9.80 Å². The summed E-state index contributed by atoms with van der Waals surface area (Å²) in [6, 6.07) is 4.66. The average molecular weight is 400 g/mol. The van der Waals surface area contributed by atoms with E-state index < -0.39 is 6.04 Å². The molecule has 2 N–H and O–H groups in total. The average Bonchev–Trinajstić information content (AvgIpc) is 2.65. The van der Waals surface area contributed by atoms with Gasteiger partial charge in [0.15, 0.2) is 0 Å². The number of methoxy groups -OCH3 is 2. The van der Waals surface area contributed by atoms with Crippen LogP contribution in [-0.4, -0.2) is 68.1 Å². The zero-order valence-corrected chi connectivity index (χ0v) is 17.3. The highest BCUT2D eigenvalue weighted by atomic mass is 35.5. The topological polar surface area (TPSA) is 85.1 Å². The highest BCUT2D eigenvalue weighted by Crippen LogP contribution is 2.26. The van der Waals surface area contributed by atoms with Crippen LogP contribution in [0, 0.1) is 5.92 Å². The van der Waals surface area contributed by atoms with E-state index in [1.54, 1.807) is 35.1 Å². The minimum atomic E-state index is -0.473. The Labute approximate surface area is 167 Å². The van der Waals surface area contributed by atoms with Crippen LogP contribution in [0.3, 0.4) is 0 Å². The summed E-state index contributed by atoms with van der Waals surface area (Å²) in [4.78, 5) is 28.7. The van der Waals surface area contributed by atoms with Crippen molar-refractivity contribution in [2.45, 2.75) is 26.3 Å². The summed E-state index contributed by atoms with van der Waals surface area (Å²) in [7, 11) is 3.09. The summed E-state index contributed by atoms with van der Waals surface area (Å²) in [5.41, 5.74) is 6.49. The third-order valence-corrected chi connectivity index (χ3v) is 4.56. The second-order valence-corrected chi connectivity index (χ2v) is 6.92. The molecule has 27 heavy (non-hydrogen) atoms. The quantitative estimate of drug-likeness (QED) is 0.788. The van der Waals surface area contributed by atoms with E-state index in [1.807, 2.05) is 13.8 Å². The van der Waals surface area contributed by atoms with Crippen LogP contribution in [0.1, 0.15) is 30.6 Å². The summed E-state index contributed by atoms with van der Waals surface area (Å²) < 4.78 is 10.5. The number of nitrogens with two attached hydrogens (primary N) is 1. The lowest BCUT2D eigenvalue weighted by molar-refractivity contribution is -0.134. The Morgan fingerprint density at radius 1 is 1.07 bits per heavy atom. The number of hydrogen-bond acceptors (Lipinski definition) is 5. The normalized spacial score (nSPS) is 15.2. The standard InChI is InChI=1S/C19H29N3O4.ClH/c1-13(2)11-16(20)19(24)22-9-7-21(8-10-22)18(23)15-6-5-14(25-3)12-17(15)26-4;/h5-6,12-13,16H,7-11,20H2,1-4H3;1H/t16-;/m0./s1. The lowest BCUT2D eigenvalue weighted by atomic mass is 10.0. The molecule has 1 atom stereocenters. The molecule has 0 aliphatic carbocycles. The SMILES string of the molecule is COc1ccc(C(=O)N2CCN(C(=O)[C@@H](N)CC(C)C)CC2)c(OC)c1.Cl. The van der Waals surface area contributed by atoms with Crippen LogP contribution in [0.5, 0.6) is 11.5 Å². The van der Waals surface area contributed by atoms with Crippen molar-refractivity contribution in [2.75, 3.05) is 40.4 Å². The van der Waals surface area contributed by atoms with Crippen molar-refractivity contribution < 1.29 is 19.1 Å². The molecule has 1 aromatic rings. The Balaban J connectivity index is 0.00000364. The predicted octanol–water partition coefficient (Wildman–Crippen LogP) is 1.78. The molecule has 1 aromatic carbocycles. The summed E-state index contributed by atoms with van der Waals surface area (Å²) in [5, 5.41) is 0. The van der Waals surface area contributed by atoms with Crippen LogP contribution < -0.4 is 15.2 Å². The summed E-state index contributed by atoms with van der Waals surface area (Å²) >= 11 is 0. The third-order valence-electron chi connectivity index (χ3n) is 4.56. The van der Waals surface area contributed by atoms with Gasteiger partial charge in [-0.15, -0.1) is 12.4 Å². The van der Waals surface area contributed by atoms with Gasteiger partial charge in [-0.25, -0.2) is 0 Å². The molecule has 8 heteroatoms. The van der Waals surface area contributed by atoms with E-state index in [0.29, 0.717) is 55.6 Å². The van der Waals surface area contributed by atoms with E-state index in [0.717, 1.165) is 0 Å². The maximum Gasteiger partial charge on any atom is 0.257 e. The van der Waals surface area contributed by atoms with E-state index in [2.05, 4.69) is 0 Å². The zero-order chi connectivity index (χ0) is 19.3. The van der Waals surface area contributed by atoms with Crippen LogP contribution in [-0.2, 0) is 4.79 Å². The van der Waals surface area contributed by atoms with Gasteiger partial charge in [-0.05, 0) is 24.5 Å². The number of nitrogens with zero attached hydrogens (tertiary/aromatic N) is 2. The molecule has 1 fully saturated rings. The molecular weight excluding hydrogens is 370 g/mol. The van der Waals surface area contributed by atoms with Gasteiger partial charge in [-0.2, -0.15) is 0 Å². The molecule has 1 heterocycles. The fraction of sp³-hybridized carbons (Fsp3) is 0.579. The number of piperazine rings is 1. The largest absolute Gasteiger partial charge is 0.497 e. The van der Waals surface area contributed by atoms with Crippen LogP contribution in [0.15, 0.2) is 18.2 Å². The molecule has 0 aromatic heterocycles. The van der Waals surface area contributed by atoms with E-state index in [4.69, 9.17) is 15.2 Å². The molecule has 1 aliphatic rings. The second-order valence-electron chi connectivity index (χ2n) is 6.92. The molecular formula is C19H30ClN3O4. The zero-order valence-electron chi connectivity index (χ0n) is 16.4. The molecule has 0 radical (unpaired) electrons. The monoisotopic (exact) mass is 399 g/mol. The summed E-state index contributed by atoms with van der Waals surface area (Å²) in [5.74, 6) is 1.34. The van der Waals surface area contributed by atoms with Gasteiger partial charge in [0, 0.05) is 32.2 Å². The predicted molar refractivity (Wildman–Crippen MR) is 107 cm³/mol. The van der Waals surface area contributed by atoms with Crippen molar-refractivity contribution >= 4 is 24.2 Å². The molecule has 2 amide bonds. The van der Waals surface area contributed by atoms with E-state index in [-0.39, 0.29) is 24.2 Å². The Bertz CT molecular complexity index is 646. The van der Waals surface area contributed by atoms with Crippen molar-refractivity contribution in [3.8, 4) is 11.5 Å². The number of amides is 2. The number of ether oxygens (including phenoxy) is 2. The fourth-order valence-corrected chi connectivity index (χ4v) is 3.12. The van der Waals surface area contributed by atoms with Crippen LogP contribution in [0.25, 0.3) is 0 Å². The number of carbonyl (C=O) groups is 2. The minimum Gasteiger partial charge on any atom is -0.497 e. The molecule has 0 saturated carbocycles.